The molecule has 0 amide bonds. The molecule has 0 unspecified atom stereocenters. The molecule has 0 bridgehead atoms. The molecule has 0 fully saturated rings. The van der Waals surface area contributed by atoms with Gasteiger partial charge in [-0.3, -0.25) is 0 Å². The molecule has 5 heteroatoms. The van der Waals surface area contributed by atoms with E-state index >= 15 is 0 Å². The van der Waals surface area contributed by atoms with Crippen LogP contribution in [0.1, 0.15) is 4.88 Å². The molecule has 0 N–H and O–H groups in total. The maximum Gasteiger partial charge on any atom is 0.210 e. The van der Waals surface area contributed by atoms with Crippen molar-refractivity contribution in [3.8, 4) is 9.75 Å². The lowest BCUT2D eigenvalue weighted by Crippen LogP contribution is -2.22. The zero-order valence-electron chi connectivity index (χ0n) is 8.54. The zero-order valence-corrected chi connectivity index (χ0v) is 10.2. The predicted molar refractivity (Wildman–Crippen MR) is 67.2 cm³/mol. The van der Waals surface area contributed by atoms with E-state index in [4.69, 9.17) is 6.57 Å². The van der Waals surface area contributed by atoms with Crippen molar-refractivity contribution in [2.75, 3.05) is 0 Å². The van der Waals surface area contributed by atoms with E-state index < -0.39 is 5.97 Å². The van der Waals surface area contributed by atoms with Crippen LogP contribution in [0.3, 0.4) is 0 Å². The summed E-state index contributed by atoms with van der Waals surface area (Å²) in [6.07, 6.45) is 1.34. The maximum absolute atomic E-state index is 10.6. The molecule has 2 aromatic heterocycles. The van der Waals surface area contributed by atoms with E-state index in [0.29, 0.717) is 0 Å². The van der Waals surface area contributed by atoms with Gasteiger partial charge in [-0.2, -0.15) is 0 Å². The highest BCUT2D eigenvalue weighted by atomic mass is 32.1. The Morgan fingerprint density at radius 1 is 1.35 bits per heavy atom. The molecule has 3 nitrogen and oxygen atoms in total. The molecule has 0 aliphatic carbocycles. The van der Waals surface area contributed by atoms with E-state index in [0.717, 1.165) is 14.6 Å². The SMILES string of the molecule is [C-]#[N+]/C(=C\c1ccc(-c2cccs2)s1)C(=O)[O-]. The third-order valence-corrected chi connectivity index (χ3v) is 4.10. The molecule has 2 rings (SSSR count). The second kappa shape index (κ2) is 4.95. The third kappa shape index (κ3) is 2.61. The average molecular weight is 260 g/mol. The van der Waals surface area contributed by atoms with Gasteiger partial charge >= 0.3 is 0 Å². The van der Waals surface area contributed by atoms with Crippen LogP contribution < -0.4 is 5.11 Å². The summed E-state index contributed by atoms with van der Waals surface area (Å²) in [4.78, 5) is 16.4. The van der Waals surface area contributed by atoms with Crippen LogP contribution in [0.15, 0.2) is 35.3 Å². The minimum Gasteiger partial charge on any atom is -0.558 e. The molecule has 0 spiro atoms. The summed E-state index contributed by atoms with van der Waals surface area (Å²) in [7, 11) is 0. The minimum absolute atomic E-state index is 0.371. The summed E-state index contributed by atoms with van der Waals surface area (Å²) in [5.74, 6) is -1.44. The van der Waals surface area contributed by atoms with Crippen molar-refractivity contribution in [3.05, 3.63) is 51.6 Å². The molecule has 0 aliphatic rings. The van der Waals surface area contributed by atoms with E-state index in [1.54, 1.807) is 17.4 Å². The van der Waals surface area contributed by atoms with Gasteiger partial charge in [0.2, 0.25) is 5.70 Å². The molecular weight excluding hydrogens is 254 g/mol. The van der Waals surface area contributed by atoms with E-state index in [2.05, 4.69) is 4.85 Å². The van der Waals surface area contributed by atoms with Crippen molar-refractivity contribution >= 4 is 34.7 Å². The van der Waals surface area contributed by atoms with Crippen LogP contribution in [0.25, 0.3) is 20.7 Å². The number of nitrogens with zero attached hydrogens (tertiary/aromatic N) is 1. The normalized spacial score (nSPS) is 11.1. The smallest absolute Gasteiger partial charge is 0.210 e. The molecule has 0 atom stereocenters. The molecule has 17 heavy (non-hydrogen) atoms. The molecule has 0 aromatic carbocycles. The van der Waals surface area contributed by atoms with Gasteiger partial charge in [-0.1, -0.05) is 6.07 Å². The number of hydrogen-bond acceptors (Lipinski definition) is 4. The van der Waals surface area contributed by atoms with Gasteiger partial charge in [0, 0.05) is 14.6 Å². The lowest BCUT2D eigenvalue weighted by Gasteiger charge is -1.96. The van der Waals surface area contributed by atoms with Crippen molar-refractivity contribution in [2.24, 2.45) is 0 Å². The first kappa shape index (κ1) is 11.6. The highest BCUT2D eigenvalue weighted by molar-refractivity contribution is 7.21. The van der Waals surface area contributed by atoms with Gasteiger partial charge in [0.1, 0.15) is 0 Å². The Morgan fingerprint density at radius 2 is 2.18 bits per heavy atom. The quantitative estimate of drug-likeness (QED) is 0.628. The Balaban J connectivity index is 2.31. The zero-order chi connectivity index (χ0) is 12.3. The van der Waals surface area contributed by atoms with Crippen LogP contribution in [-0.2, 0) is 4.79 Å². The van der Waals surface area contributed by atoms with E-state index in [9.17, 15) is 9.90 Å². The summed E-state index contributed by atoms with van der Waals surface area (Å²) < 4.78 is 0. The number of hydrogen-bond donors (Lipinski definition) is 0. The Kier molecular flexibility index (Phi) is 3.38. The number of carbonyl (C=O) groups is 1. The fourth-order valence-corrected chi connectivity index (χ4v) is 3.03. The third-order valence-electron chi connectivity index (χ3n) is 2.00. The van der Waals surface area contributed by atoms with Gasteiger partial charge in [-0.05, 0) is 29.7 Å². The standard InChI is InChI=1S/C12H7NO2S2/c1-13-9(12(14)15)7-8-4-5-11(17-8)10-3-2-6-16-10/h2-7H,(H,14,15)/p-1/b9-7-. The number of aliphatic carboxylic acids is 1. The van der Waals surface area contributed by atoms with Crippen LogP contribution in [-0.4, -0.2) is 5.97 Å². The van der Waals surface area contributed by atoms with Gasteiger partial charge in [-0.25, -0.2) is 4.85 Å². The highest BCUT2D eigenvalue weighted by Crippen LogP contribution is 2.32. The number of carboxylic acids is 1. The number of carboxylic acid groups (broad SMARTS) is 1. The molecule has 84 valence electrons. The van der Waals surface area contributed by atoms with Gasteiger partial charge in [0.05, 0.1) is 12.5 Å². The summed E-state index contributed by atoms with van der Waals surface area (Å²) in [5, 5.41) is 12.6. The van der Waals surface area contributed by atoms with E-state index in [-0.39, 0.29) is 5.70 Å². The minimum atomic E-state index is -1.44. The van der Waals surface area contributed by atoms with Crippen LogP contribution in [0.5, 0.6) is 0 Å². The van der Waals surface area contributed by atoms with Gasteiger partial charge in [0.25, 0.3) is 0 Å². The summed E-state index contributed by atoms with van der Waals surface area (Å²) in [6, 6.07) is 7.67. The van der Waals surface area contributed by atoms with Crippen LogP contribution in [0.4, 0.5) is 0 Å². The van der Waals surface area contributed by atoms with Crippen LogP contribution in [0.2, 0.25) is 0 Å². The Labute approximate surface area is 106 Å². The molecule has 0 aliphatic heterocycles. The number of thiophene rings is 2. The Hall–Kier alpha value is -1.90. The van der Waals surface area contributed by atoms with Gasteiger partial charge < -0.3 is 9.90 Å². The fourth-order valence-electron chi connectivity index (χ4n) is 1.25. The monoisotopic (exact) mass is 260 g/mol. The lowest BCUT2D eigenvalue weighted by molar-refractivity contribution is -0.298. The second-order valence-corrected chi connectivity index (χ2v) is 5.17. The second-order valence-electron chi connectivity index (χ2n) is 3.11. The van der Waals surface area contributed by atoms with Crippen molar-refractivity contribution < 1.29 is 9.90 Å². The molecular formula is C12H6NO2S2-. The molecule has 0 saturated heterocycles. The lowest BCUT2D eigenvalue weighted by atomic mass is 10.3. The summed E-state index contributed by atoms with van der Waals surface area (Å²) >= 11 is 3.07. The number of rotatable bonds is 3. The topological polar surface area (TPSA) is 44.5 Å². The fraction of sp³-hybridized carbons (Fsp3) is 0. The molecule has 0 saturated carbocycles. The van der Waals surface area contributed by atoms with E-state index in [1.165, 1.54) is 17.4 Å². The van der Waals surface area contributed by atoms with Gasteiger partial charge in [-0.15, -0.1) is 22.7 Å². The van der Waals surface area contributed by atoms with Crippen molar-refractivity contribution in [1.82, 2.24) is 0 Å². The Bertz CT molecular complexity index is 603. The van der Waals surface area contributed by atoms with Crippen molar-refractivity contribution in [3.63, 3.8) is 0 Å². The first-order chi connectivity index (χ1) is 8.20. The predicted octanol–water partition coefficient (Wildman–Crippen LogP) is 2.49. The van der Waals surface area contributed by atoms with Crippen molar-refractivity contribution in [1.29, 1.82) is 0 Å². The van der Waals surface area contributed by atoms with E-state index in [1.807, 2.05) is 23.6 Å². The van der Waals surface area contributed by atoms with Crippen LogP contribution in [0, 0.1) is 6.57 Å². The summed E-state index contributed by atoms with van der Waals surface area (Å²) in [5.41, 5.74) is -0.371. The van der Waals surface area contributed by atoms with Crippen molar-refractivity contribution in [2.45, 2.75) is 0 Å². The summed E-state index contributed by atoms with van der Waals surface area (Å²) in [6.45, 7) is 6.73. The maximum atomic E-state index is 10.6. The van der Waals surface area contributed by atoms with Crippen LogP contribution >= 0.6 is 22.7 Å². The first-order valence-electron chi connectivity index (χ1n) is 4.65. The largest absolute Gasteiger partial charge is 0.558 e. The first-order valence-corrected chi connectivity index (χ1v) is 6.34. The molecule has 2 aromatic rings. The Morgan fingerprint density at radius 3 is 2.76 bits per heavy atom. The number of carbonyl (C=O) groups excluding carboxylic acids is 1. The highest BCUT2D eigenvalue weighted by Gasteiger charge is 2.04. The molecule has 0 radical (unpaired) electrons. The molecule has 2 heterocycles. The average Bonchev–Trinajstić information content (AvgIpc) is 2.95. The van der Waals surface area contributed by atoms with Gasteiger partial charge in [0.15, 0.2) is 0 Å².